The van der Waals surface area contributed by atoms with E-state index in [1.165, 1.54) is 64.2 Å². The minimum atomic E-state index is -4.37. The quantitative estimate of drug-likeness (QED) is 0.0227. The molecule has 0 heterocycles. The van der Waals surface area contributed by atoms with Crippen LogP contribution in [0.2, 0.25) is 0 Å². The van der Waals surface area contributed by atoms with Gasteiger partial charge >= 0.3 is 19.8 Å². The van der Waals surface area contributed by atoms with Crippen LogP contribution in [0.5, 0.6) is 0 Å². The number of ether oxygens (including phenoxy) is 2. The molecule has 288 valence electrons. The molecule has 49 heavy (non-hydrogen) atoms. The lowest BCUT2D eigenvalue weighted by Gasteiger charge is -2.24. The van der Waals surface area contributed by atoms with Crippen LogP contribution in [0.4, 0.5) is 0 Å². The van der Waals surface area contributed by atoms with Gasteiger partial charge < -0.3 is 18.9 Å². The van der Waals surface area contributed by atoms with Crippen molar-refractivity contribution in [3.8, 4) is 0 Å². The van der Waals surface area contributed by atoms with E-state index in [4.69, 9.17) is 18.5 Å². The number of nitrogens with zero attached hydrogens (tertiary/aromatic N) is 1. The van der Waals surface area contributed by atoms with Crippen LogP contribution in [0.1, 0.15) is 162 Å². The number of phosphoric ester groups is 1. The lowest BCUT2D eigenvalue weighted by molar-refractivity contribution is -0.870. The summed E-state index contributed by atoms with van der Waals surface area (Å²) >= 11 is 0. The molecule has 10 heteroatoms. The average Bonchev–Trinajstić information content (AvgIpc) is 3.04. The number of likely N-dealkylation sites (N-methyl/N-ethyl adjacent to an activating group) is 1. The molecule has 0 saturated carbocycles. The fraction of sp³-hybridized carbons (Fsp3) is 0.846. The SMILES string of the molecule is CCC/C=C\C/C=C\CCCCCCCC(=O)OC(COC(=O)CCCCCCCCCCCCCC)COP(=O)(O)OCC[N+](C)(C)C. The third kappa shape index (κ3) is 36.1. The third-order valence-electron chi connectivity index (χ3n) is 8.22. The second-order valence-electron chi connectivity index (χ2n) is 14.3. The van der Waals surface area contributed by atoms with E-state index in [1.54, 1.807) is 0 Å². The number of carbonyl (C=O) groups excluding carboxylic acids is 2. The summed E-state index contributed by atoms with van der Waals surface area (Å²) in [6.07, 6.45) is 32.2. The van der Waals surface area contributed by atoms with Crippen LogP contribution in [-0.4, -0.2) is 74.9 Å². The summed E-state index contributed by atoms with van der Waals surface area (Å²) in [6.45, 7) is 4.33. The Morgan fingerprint density at radius 2 is 1.14 bits per heavy atom. The molecule has 0 fully saturated rings. The monoisotopic (exact) mass is 717 g/mol. The van der Waals surface area contributed by atoms with E-state index in [-0.39, 0.29) is 32.0 Å². The first-order valence-corrected chi connectivity index (χ1v) is 21.1. The summed E-state index contributed by atoms with van der Waals surface area (Å²) in [5.74, 6) is -0.814. The number of hydrogen-bond acceptors (Lipinski definition) is 7. The lowest BCUT2D eigenvalue weighted by Crippen LogP contribution is -2.37. The van der Waals surface area contributed by atoms with Crippen LogP contribution in [0, 0.1) is 0 Å². The molecule has 0 aliphatic rings. The summed E-state index contributed by atoms with van der Waals surface area (Å²) in [7, 11) is 1.47. The van der Waals surface area contributed by atoms with Gasteiger partial charge in [0, 0.05) is 12.8 Å². The zero-order valence-corrected chi connectivity index (χ0v) is 33.1. The van der Waals surface area contributed by atoms with Gasteiger partial charge in [0.15, 0.2) is 6.10 Å². The zero-order chi connectivity index (χ0) is 36.5. The van der Waals surface area contributed by atoms with Crippen LogP contribution in [0.3, 0.4) is 0 Å². The predicted octanol–water partition coefficient (Wildman–Crippen LogP) is 10.4. The normalized spacial score (nSPS) is 14.0. The maximum atomic E-state index is 12.6. The van der Waals surface area contributed by atoms with Gasteiger partial charge in [-0.15, -0.1) is 0 Å². The van der Waals surface area contributed by atoms with Gasteiger partial charge in [0.25, 0.3) is 0 Å². The smallest absolute Gasteiger partial charge is 0.462 e. The first-order chi connectivity index (χ1) is 23.5. The Labute approximate surface area is 300 Å². The van der Waals surface area contributed by atoms with Crippen molar-refractivity contribution in [2.24, 2.45) is 0 Å². The molecule has 0 aliphatic heterocycles. The molecule has 1 N–H and O–H groups in total. The topological polar surface area (TPSA) is 108 Å². The number of quaternary nitrogens is 1. The molecule has 0 spiro atoms. The number of unbranched alkanes of at least 4 members (excludes halogenated alkanes) is 17. The molecule has 0 bridgehead atoms. The minimum absolute atomic E-state index is 0.0302. The Hall–Kier alpha value is -1.51. The molecule has 2 atom stereocenters. The first kappa shape index (κ1) is 47.5. The Morgan fingerprint density at radius 3 is 1.69 bits per heavy atom. The van der Waals surface area contributed by atoms with Crippen LogP contribution in [-0.2, 0) is 32.7 Å². The van der Waals surface area contributed by atoms with Crippen LogP contribution in [0.25, 0.3) is 0 Å². The van der Waals surface area contributed by atoms with E-state index in [9.17, 15) is 19.0 Å². The maximum absolute atomic E-state index is 12.6. The summed E-state index contributed by atoms with van der Waals surface area (Å²) in [6, 6.07) is 0. The molecule has 0 aromatic carbocycles. The number of rotatable bonds is 35. The highest BCUT2D eigenvalue weighted by molar-refractivity contribution is 7.47. The van der Waals surface area contributed by atoms with E-state index in [0.29, 0.717) is 17.4 Å². The van der Waals surface area contributed by atoms with Gasteiger partial charge in [0.1, 0.15) is 19.8 Å². The molecule has 0 rings (SSSR count). The average molecular weight is 717 g/mol. The lowest BCUT2D eigenvalue weighted by atomic mass is 10.0. The fourth-order valence-corrected chi connectivity index (χ4v) is 5.85. The molecule has 0 saturated heterocycles. The molecule has 0 aromatic heterocycles. The van der Waals surface area contributed by atoms with E-state index >= 15 is 0 Å². The largest absolute Gasteiger partial charge is 0.472 e. The number of hydrogen-bond donors (Lipinski definition) is 1. The standard InChI is InChI=1S/C39H74NO8P/c1-6-8-10-12-14-16-18-20-22-24-26-28-30-32-39(42)48-37(36-47-49(43,44)46-34-33-40(3,4)5)35-45-38(41)31-29-27-25-23-21-19-17-15-13-11-9-7-2/h10,12,16,18,37H,6-9,11,13-15,17,19-36H2,1-5H3/p+1/b12-10-,18-16-. The predicted molar refractivity (Wildman–Crippen MR) is 201 cm³/mol. The summed E-state index contributed by atoms with van der Waals surface area (Å²) < 4.78 is 34.1. The third-order valence-corrected chi connectivity index (χ3v) is 9.20. The van der Waals surface area contributed by atoms with Crippen molar-refractivity contribution >= 4 is 19.8 Å². The van der Waals surface area contributed by atoms with E-state index < -0.39 is 26.5 Å². The maximum Gasteiger partial charge on any atom is 0.472 e. The Balaban J connectivity index is 4.45. The van der Waals surface area contributed by atoms with Gasteiger partial charge in [-0.3, -0.25) is 18.6 Å². The van der Waals surface area contributed by atoms with E-state index in [1.807, 2.05) is 21.1 Å². The molecule has 0 aliphatic carbocycles. The molecular formula is C39H75NO8P+. The van der Waals surface area contributed by atoms with Gasteiger partial charge in [-0.05, 0) is 38.5 Å². The Morgan fingerprint density at radius 1 is 0.633 bits per heavy atom. The van der Waals surface area contributed by atoms with Crippen LogP contribution >= 0.6 is 7.82 Å². The molecule has 0 amide bonds. The number of carbonyl (C=O) groups is 2. The van der Waals surface area contributed by atoms with E-state index in [0.717, 1.165) is 64.2 Å². The van der Waals surface area contributed by atoms with E-state index in [2.05, 4.69) is 38.2 Å². The highest BCUT2D eigenvalue weighted by Gasteiger charge is 2.27. The van der Waals surface area contributed by atoms with Crippen molar-refractivity contribution in [1.29, 1.82) is 0 Å². The molecule has 2 unspecified atom stereocenters. The molecule has 0 aromatic rings. The highest BCUT2D eigenvalue weighted by Crippen LogP contribution is 2.43. The highest BCUT2D eigenvalue weighted by atomic mass is 31.2. The van der Waals surface area contributed by atoms with Gasteiger partial charge in [-0.1, -0.05) is 134 Å². The second-order valence-corrected chi connectivity index (χ2v) is 15.8. The summed E-state index contributed by atoms with van der Waals surface area (Å²) in [4.78, 5) is 35.2. The van der Waals surface area contributed by atoms with Crippen molar-refractivity contribution in [2.75, 3.05) is 47.5 Å². The summed E-state index contributed by atoms with van der Waals surface area (Å²) in [5.41, 5.74) is 0. The van der Waals surface area contributed by atoms with Crippen molar-refractivity contribution in [1.82, 2.24) is 0 Å². The van der Waals surface area contributed by atoms with Crippen molar-refractivity contribution in [2.45, 2.75) is 168 Å². The second kappa shape index (κ2) is 32.4. The summed E-state index contributed by atoms with van der Waals surface area (Å²) in [5, 5.41) is 0. The Kier molecular flexibility index (Phi) is 31.4. The molecule has 0 radical (unpaired) electrons. The van der Waals surface area contributed by atoms with Crippen LogP contribution < -0.4 is 0 Å². The Bertz CT molecular complexity index is 902. The molecular weight excluding hydrogens is 641 g/mol. The van der Waals surface area contributed by atoms with Gasteiger partial charge in [0.05, 0.1) is 27.7 Å². The fourth-order valence-electron chi connectivity index (χ4n) is 5.11. The van der Waals surface area contributed by atoms with Gasteiger partial charge in [-0.2, -0.15) is 0 Å². The van der Waals surface area contributed by atoms with Crippen molar-refractivity contribution in [3.05, 3.63) is 24.3 Å². The number of allylic oxidation sites excluding steroid dienone is 4. The van der Waals surface area contributed by atoms with Crippen molar-refractivity contribution < 1.29 is 42.1 Å². The van der Waals surface area contributed by atoms with Crippen LogP contribution in [0.15, 0.2) is 24.3 Å². The van der Waals surface area contributed by atoms with Gasteiger partial charge in [0.2, 0.25) is 0 Å². The number of esters is 2. The van der Waals surface area contributed by atoms with Crippen molar-refractivity contribution in [3.63, 3.8) is 0 Å². The minimum Gasteiger partial charge on any atom is -0.462 e. The molecule has 9 nitrogen and oxygen atoms in total. The van der Waals surface area contributed by atoms with Gasteiger partial charge in [-0.25, -0.2) is 4.57 Å². The number of phosphoric acid groups is 1. The first-order valence-electron chi connectivity index (χ1n) is 19.6. The zero-order valence-electron chi connectivity index (χ0n) is 32.2.